The summed E-state index contributed by atoms with van der Waals surface area (Å²) >= 11 is 0. The molecule has 202 valence electrons. The van der Waals surface area contributed by atoms with Gasteiger partial charge in [-0.3, -0.25) is 14.8 Å². The Balaban J connectivity index is 1.51. The van der Waals surface area contributed by atoms with E-state index in [1.165, 1.54) is 0 Å². The third kappa shape index (κ3) is 5.21. The van der Waals surface area contributed by atoms with Crippen LogP contribution in [0, 0.1) is 0 Å². The highest BCUT2D eigenvalue weighted by atomic mass is 16.5. The van der Waals surface area contributed by atoms with Gasteiger partial charge in [0.15, 0.2) is 11.5 Å². The van der Waals surface area contributed by atoms with E-state index in [0.29, 0.717) is 37.0 Å². The molecular weight excluding hydrogens is 484 g/mol. The summed E-state index contributed by atoms with van der Waals surface area (Å²) < 4.78 is 22.6. The van der Waals surface area contributed by atoms with E-state index in [9.17, 15) is 4.79 Å². The molecular formula is C29H36N4O5. The van der Waals surface area contributed by atoms with Crippen molar-refractivity contribution in [2.45, 2.75) is 26.3 Å². The molecule has 1 saturated heterocycles. The van der Waals surface area contributed by atoms with Crippen molar-refractivity contribution in [2.24, 2.45) is 0 Å². The van der Waals surface area contributed by atoms with Crippen LogP contribution < -0.4 is 14.2 Å². The smallest absolute Gasteiger partial charge is 0.273 e. The number of amides is 1. The molecule has 1 N–H and O–H groups in total. The van der Waals surface area contributed by atoms with E-state index in [1.54, 1.807) is 7.11 Å². The first-order chi connectivity index (χ1) is 18.6. The molecule has 0 spiro atoms. The molecule has 1 amide bonds. The van der Waals surface area contributed by atoms with Crippen LogP contribution >= 0.6 is 0 Å². The summed E-state index contributed by atoms with van der Waals surface area (Å²) in [5.41, 5.74) is 4.08. The van der Waals surface area contributed by atoms with Crippen LogP contribution in [0.25, 0.3) is 11.3 Å². The van der Waals surface area contributed by atoms with Crippen molar-refractivity contribution in [1.29, 1.82) is 0 Å². The van der Waals surface area contributed by atoms with E-state index < -0.39 is 0 Å². The fourth-order valence-electron chi connectivity index (χ4n) is 5.27. The molecule has 2 aromatic carbocycles. The topological polar surface area (TPSA) is 89.2 Å². The van der Waals surface area contributed by atoms with Gasteiger partial charge in [0.05, 0.1) is 45.3 Å². The summed E-state index contributed by atoms with van der Waals surface area (Å²) in [6.45, 7) is 9.90. The lowest BCUT2D eigenvalue weighted by atomic mass is 9.95. The van der Waals surface area contributed by atoms with Gasteiger partial charge in [0, 0.05) is 37.3 Å². The number of methoxy groups -OCH3 is 1. The van der Waals surface area contributed by atoms with Crippen LogP contribution in [0.3, 0.4) is 0 Å². The fraction of sp³-hybridized carbons (Fsp3) is 0.448. The lowest BCUT2D eigenvalue weighted by Crippen LogP contribution is -2.38. The normalized spacial score (nSPS) is 17.5. The number of rotatable bonds is 11. The van der Waals surface area contributed by atoms with Crippen LogP contribution in [-0.2, 0) is 4.74 Å². The Bertz CT molecular complexity index is 1240. The van der Waals surface area contributed by atoms with Crippen LogP contribution in [0.4, 0.5) is 0 Å². The maximum Gasteiger partial charge on any atom is 0.273 e. The Morgan fingerprint density at radius 3 is 2.45 bits per heavy atom. The van der Waals surface area contributed by atoms with Crippen LogP contribution in [0.15, 0.2) is 42.5 Å². The summed E-state index contributed by atoms with van der Waals surface area (Å²) in [7, 11) is 1.65. The minimum atomic E-state index is -0.298. The number of aromatic amines is 1. The molecule has 2 aliphatic heterocycles. The summed E-state index contributed by atoms with van der Waals surface area (Å²) in [4.78, 5) is 18.1. The van der Waals surface area contributed by atoms with E-state index in [-0.39, 0.29) is 11.9 Å². The number of hydrogen-bond acceptors (Lipinski definition) is 7. The van der Waals surface area contributed by atoms with Gasteiger partial charge in [0.2, 0.25) is 0 Å². The average molecular weight is 521 g/mol. The predicted molar refractivity (Wildman–Crippen MR) is 144 cm³/mol. The molecule has 0 aliphatic carbocycles. The fourth-order valence-corrected chi connectivity index (χ4v) is 5.27. The Labute approximate surface area is 223 Å². The summed E-state index contributed by atoms with van der Waals surface area (Å²) in [6, 6.07) is 13.4. The van der Waals surface area contributed by atoms with Gasteiger partial charge >= 0.3 is 0 Å². The van der Waals surface area contributed by atoms with Gasteiger partial charge in [0.25, 0.3) is 5.91 Å². The molecule has 1 atom stereocenters. The number of benzene rings is 2. The van der Waals surface area contributed by atoms with Crippen LogP contribution in [-0.4, -0.2) is 85.6 Å². The number of nitrogens with zero attached hydrogens (tertiary/aromatic N) is 3. The molecule has 1 aromatic heterocycles. The van der Waals surface area contributed by atoms with Crippen molar-refractivity contribution in [2.75, 3.05) is 59.7 Å². The predicted octanol–water partition coefficient (Wildman–Crippen LogP) is 4.15. The number of fused-ring (bicyclic) bond motifs is 1. The summed E-state index contributed by atoms with van der Waals surface area (Å²) in [5.74, 6) is 2.11. The monoisotopic (exact) mass is 520 g/mol. The zero-order chi connectivity index (χ0) is 26.5. The molecule has 0 saturated carbocycles. The van der Waals surface area contributed by atoms with Crippen molar-refractivity contribution < 1.29 is 23.7 Å². The Kier molecular flexibility index (Phi) is 8.14. The molecule has 1 unspecified atom stereocenters. The van der Waals surface area contributed by atoms with Gasteiger partial charge in [-0.1, -0.05) is 6.07 Å². The third-order valence-electron chi connectivity index (χ3n) is 7.09. The molecule has 38 heavy (non-hydrogen) atoms. The highest BCUT2D eigenvalue weighted by molar-refractivity contribution is 6.00. The minimum Gasteiger partial charge on any atom is -0.497 e. The van der Waals surface area contributed by atoms with Gasteiger partial charge < -0.3 is 23.8 Å². The second kappa shape index (κ2) is 11.9. The second-order valence-electron chi connectivity index (χ2n) is 9.37. The number of aromatic nitrogens is 2. The van der Waals surface area contributed by atoms with Crippen molar-refractivity contribution in [1.82, 2.24) is 20.0 Å². The Morgan fingerprint density at radius 1 is 1.00 bits per heavy atom. The average Bonchev–Trinajstić information content (AvgIpc) is 3.49. The van der Waals surface area contributed by atoms with Crippen LogP contribution in [0.5, 0.6) is 17.2 Å². The number of ether oxygens (including phenoxy) is 4. The molecule has 5 rings (SSSR count). The van der Waals surface area contributed by atoms with E-state index >= 15 is 0 Å². The maximum absolute atomic E-state index is 13.7. The highest BCUT2D eigenvalue weighted by Crippen LogP contribution is 2.44. The van der Waals surface area contributed by atoms with Gasteiger partial charge in [-0.05, 0) is 62.2 Å². The standard InChI is InChI=1S/C29H36N4O5/c1-4-37-23-12-9-21(19-24(23)38-5-2)28-25-26(20-7-10-22(35-3)11-8-20)30-31-27(25)29(34)33(28)14-6-13-32-15-17-36-18-16-32/h7-12,19,28H,4-6,13-18H2,1-3H3,(H,30,31). The lowest BCUT2D eigenvalue weighted by molar-refractivity contribution is 0.0354. The molecule has 0 bridgehead atoms. The first-order valence-corrected chi connectivity index (χ1v) is 13.4. The molecule has 9 nitrogen and oxygen atoms in total. The third-order valence-corrected chi connectivity index (χ3v) is 7.09. The van der Waals surface area contributed by atoms with Gasteiger partial charge in [-0.15, -0.1) is 0 Å². The quantitative estimate of drug-likeness (QED) is 0.406. The zero-order valence-electron chi connectivity index (χ0n) is 22.4. The number of H-pyrrole nitrogens is 1. The molecule has 1 fully saturated rings. The largest absolute Gasteiger partial charge is 0.497 e. The van der Waals surface area contributed by atoms with E-state index in [0.717, 1.165) is 67.4 Å². The number of morpholine rings is 1. The molecule has 3 heterocycles. The number of nitrogens with one attached hydrogen (secondary N) is 1. The van der Waals surface area contributed by atoms with Gasteiger partial charge in [0.1, 0.15) is 11.4 Å². The van der Waals surface area contributed by atoms with E-state index in [2.05, 4.69) is 15.1 Å². The van der Waals surface area contributed by atoms with Gasteiger partial charge in [-0.25, -0.2) is 0 Å². The van der Waals surface area contributed by atoms with Crippen LogP contribution in [0.2, 0.25) is 0 Å². The Hall–Kier alpha value is -3.56. The Morgan fingerprint density at radius 2 is 1.74 bits per heavy atom. The van der Waals surface area contributed by atoms with Crippen molar-refractivity contribution in [3.8, 4) is 28.5 Å². The van der Waals surface area contributed by atoms with Crippen molar-refractivity contribution in [3.63, 3.8) is 0 Å². The molecule has 0 radical (unpaired) electrons. The van der Waals surface area contributed by atoms with Crippen molar-refractivity contribution >= 4 is 5.91 Å². The summed E-state index contributed by atoms with van der Waals surface area (Å²) in [6.07, 6.45) is 0.868. The lowest BCUT2D eigenvalue weighted by Gasteiger charge is -2.30. The highest BCUT2D eigenvalue weighted by Gasteiger charge is 2.42. The second-order valence-corrected chi connectivity index (χ2v) is 9.37. The summed E-state index contributed by atoms with van der Waals surface area (Å²) in [5, 5.41) is 7.64. The molecule has 3 aromatic rings. The maximum atomic E-state index is 13.7. The first kappa shape index (κ1) is 26.1. The SMILES string of the molecule is CCOc1ccc(C2c3c(-c4ccc(OC)cc4)n[nH]c3C(=O)N2CCCN2CCOCC2)cc1OCC. The van der Waals surface area contributed by atoms with Gasteiger partial charge in [-0.2, -0.15) is 5.10 Å². The first-order valence-electron chi connectivity index (χ1n) is 13.4. The van der Waals surface area contributed by atoms with Crippen LogP contribution in [0.1, 0.15) is 47.9 Å². The minimum absolute atomic E-state index is 0.0360. The number of carbonyl (C=O) groups is 1. The van der Waals surface area contributed by atoms with E-state index in [4.69, 9.17) is 18.9 Å². The van der Waals surface area contributed by atoms with Crippen molar-refractivity contribution in [3.05, 3.63) is 59.3 Å². The number of carbonyl (C=O) groups excluding carboxylic acids is 1. The molecule has 2 aliphatic rings. The number of hydrogen-bond donors (Lipinski definition) is 1. The van der Waals surface area contributed by atoms with E-state index in [1.807, 2.05) is 61.2 Å². The molecule has 9 heteroatoms. The zero-order valence-corrected chi connectivity index (χ0v) is 22.4.